The van der Waals surface area contributed by atoms with Gasteiger partial charge in [-0.15, -0.1) is 0 Å². The van der Waals surface area contributed by atoms with Crippen molar-refractivity contribution >= 4 is 17.7 Å². The van der Waals surface area contributed by atoms with E-state index in [0.717, 1.165) is 31.3 Å². The average molecular weight is 567 g/mol. The van der Waals surface area contributed by atoms with E-state index >= 15 is 0 Å². The van der Waals surface area contributed by atoms with E-state index in [1.807, 2.05) is 13.2 Å². The third kappa shape index (κ3) is 3.50. The summed E-state index contributed by atoms with van der Waals surface area (Å²) in [4.78, 5) is 14.0. The summed E-state index contributed by atoms with van der Waals surface area (Å²) < 4.78 is 31.1. The van der Waals surface area contributed by atoms with Gasteiger partial charge in [0.15, 0.2) is 12.6 Å². The first-order valence-corrected chi connectivity index (χ1v) is 16.1. The molecule has 6 rings (SSSR count). The maximum Gasteiger partial charge on any atom is 0.315 e. The molecule has 6 aliphatic rings. The lowest BCUT2D eigenvalue weighted by Gasteiger charge is -2.61. The zero-order chi connectivity index (χ0) is 27.9. The lowest BCUT2D eigenvalue weighted by Crippen LogP contribution is -2.67. The van der Waals surface area contributed by atoms with Crippen LogP contribution in [0.15, 0.2) is 11.6 Å². The first-order valence-electron chi connectivity index (χ1n) is 14.8. The minimum absolute atomic E-state index is 0.0397. The van der Waals surface area contributed by atoms with E-state index in [2.05, 4.69) is 26.8 Å². The number of allylic oxidation sites excluding steroid dienone is 1. The van der Waals surface area contributed by atoms with Crippen molar-refractivity contribution in [2.45, 2.75) is 89.5 Å². The van der Waals surface area contributed by atoms with Crippen molar-refractivity contribution < 1.29 is 38.7 Å². The SMILES string of the molecule is CO[C@H]1[C@@H](SC)[C@H](O)[C@H](OCC23CC4C(C)CCC4C4(C5OCCO5)CC2C=C(C(C)C)C34C(=O)O)O[C@@H]1C. The molecule has 0 spiro atoms. The first kappa shape index (κ1) is 28.4. The monoisotopic (exact) mass is 566 g/mol. The highest BCUT2D eigenvalue weighted by atomic mass is 32.2. The van der Waals surface area contributed by atoms with E-state index in [1.165, 1.54) is 0 Å². The molecule has 2 N–H and O–H groups in total. The largest absolute Gasteiger partial charge is 0.481 e. The lowest BCUT2D eigenvalue weighted by atomic mass is 9.42. The minimum Gasteiger partial charge on any atom is -0.481 e. The second-order valence-corrected chi connectivity index (χ2v) is 14.4. The molecule has 7 unspecified atom stereocenters. The van der Waals surface area contributed by atoms with Gasteiger partial charge in [0.1, 0.15) is 11.5 Å². The number of rotatable bonds is 8. The summed E-state index contributed by atoms with van der Waals surface area (Å²) in [6, 6.07) is 0. The van der Waals surface area contributed by atoms with Crippen molar-refractivity contribution in [1.29, 1.82) is 0 Å². The maximum absolute atomic E-state index is 14.0. The van der Waals surface area contributed by atoms with Gasteiger partial charge >= 0.3 is 5.97 Å². The van der Waals surface area contributed by atoms with Crippen molar-refractivity contribution in [2.24, 2.45) is 45.8 Å². The van der Waals surface area contributed by atoms with Crippen LogP contribution < -0.4 is 0 Å². The second-order valence-electron chi connectivity index (χ2n) is 13.4. The quantitative estimate of drug-likeness (QED) is 0.423. The Morgan fingerprint density at radius 2 is 1.92 bits per heavy atom. The van der Waals surface area contributed by atoms with Crippen molar-refractivity contribution in [1.82, 2.24) is 0 Å². The fraction of sp³-hybridized carbons (Fsp3) is 0.900. The summed E-state index contributed by atoms with van der Waals surface area (Å²) in [5, 5.41) is 22.6. The molecule has 4 bridgehead atoms. The third-order valence-electron chi connectivity index (χ3n) is 11.8. The molecule has 220 valence electrons. The number of ether oxygens (including phenoxy) is 5. The topological polar surface area (TPSA) is 104 Å². The molecule has 2 saturated heterocycles. The van der Waals surface area contributed by atoms with Crippen LogP contribution in [0.25, 0.3) is 0 Å². The van der Waals surface area contributed by atoms with Crippen molar-refractivity contribution in [3.05, 3.63) is 11.6 Å². The summed E-state index contributed by atoms with van der Waals surface area (Å²) in [5.41, 5.74) is -1.45. The van der Waals surface area contributed by atoms with Crippen LogP contribution in [-0.4, -0.2) is 85.5 Å². The van der Waals surface area contributed by atoms with Gasteiger partial charge in [-0.05, 0) is 62.0 Å². The van der Waals surface area contributed by atoms with Crippen LogP contribution in [0.2, 0.25) is 0 Å². The Hall–Kier alpha value is -0.680. The van der Waals surface area contributed by atoms with Gasteiger partial charge in [0, 0.05) is 17.9 Å². The molecule has 4 aliphatic carbocycles. The number of carboxylic acids is 1. The fourth-order valence-electron chi connectivity index (χ4n) is 10.5. The summed E-state index contributed by atoms with van der Waals surface area (Å²) in [6.45, 7) is 9.72. The molecule has 0 radical (unpaired) electrons. The first-order chi connectivity index (χ1) is 18.6. The van der Waals surface area contributed by atoms with Gasteiger partial charge in [0.05, 0.1) is 37.3 Å². The smallest absolute Gasteiger partial charge is 0.315 e. The molecule has 12 atom stereocenters. The summed E-state index contributed by atoms with van der Waals surface area (Å²) >= 11 is 1.55. The molecular formula is C30H46O8S. The predicted molar refractivity (Wildman–Crippen MR) is 146 cm³/mol. The Kier molecular flexibility index (Phi) is 7.26. The van der Waals surface area contributed by atoms with Crippen molar-refractivity contribution in [3.63, 3.8) is 0 Å². The Labute approximate surface area is 236 Å². The van der Waals surface area contributed by atoms with E-state index in [9.17, 15) is 15.0 Å². The van der Waals surface area contributed by atoms with Crippen LogP contribution in [0.4, 0.5) is 0 Å². The van der Waals surface area contributed by atoms with Crippen LogP contribution in [0, 0.1) is 45.8 Å². The van der Waals surface area contributed by atoms with E-state index in [1.54, 1.807) is 18.9 Å². The molecule has 3 saturated carbocycles. The maximum atomic E-state index is 14.0. The molecule has 9 heteroatoms. The number of carbonyl (C=O) groups is 1. The number of aliphatic hydroxyl groups excluding tert-OH is 1. The van der Waals surface area contributed by atoms with Gasteiger partial charge < -0.3 is 33.9 Å². The minimum atomic E-state index is -1.15. The molecule has 0 aromatic heterocycles. The van der Waals surface area contributed by atoms with Crippen LogP contribution in [0.1, 0.15) is 53.4 Å². The van der Waals surface area contributed by atoms with E-state index < -0.39 is 40.9 Å². The van der Waals surface area contributed by atoms with Gasteiger partial charge in [-0.1, -0.05) is 38.8 Å². The molecular weight excluding hydrogens is 520 g/mol. The Morgan fingerprint density at radius 1 is 1.21 bits per heavy atom. The van der Waals surface area contributed by atoms with Crippen molar-refractivity contribution in [3.8, 4) is 0 Å². The Balaban J connectivity index is 1.44. The molecule has 8 nitrogen and oxygen atoms in total. The predicted octanol–water partition coefficient (Wildman–Crippen LogP) is 3.95. The highest BCUT2D eigenvalue weighted by Gasteiger charge is 2.86. The number of thioether (sulfide) groups is 1. The molecule has 39 heavy (non-hydrogen) atoms. The normalized spacial score (nSPS) is 51.0. The van der Waals surface area contributed by atoms with Gasteiger partial charge in [-0.2, -0.15) is 11.8 Å². The second kappa shape index (κ2) is 9.96. The number of hydrogen-bond donors (Lipinski definition) is 2. The van der Waals surface area contributed by atoms with Gasteiger partial charge in [-0.25, -0.2) is 0 Å². The molecule has 0 amide bonds. The van der Waals surface area contributed by atoms with E-state index in [-0.39, 0.29) is 41.8 Å². The Bertz CT molecular complexity index is 997. The van der Waals surface area contributed by atoms with Crippen LogP contribution in [0.5, 0.6) is 0 Å². The number of aliphatic carboxylic acids is 1. The number of fused-ring (bicyclic) bond motifs is 2. The highest BCUT2D eigenvalue weighted by Crippen LogP contribution is 2.84. The summed E-state index contributed by atoms with van der Waals surface area (Å²) in [5.74, 6) is 0.447. The number of carboxylic acid groups (broad SMARTS) is 1. The van der Waals surface area contributed by atoms with Gasteiger partial charge in [-0.3, -0.25) is 4.79 Å². The van der Waals surface area contributed by atoms with Gasteiger partial charge in [0.25, 0.3) is 0 Å². The van der Waals surface area contributed by atoms with Crippen molar-refractivity contribution in [2.75, 3.05) is 33.2 Å². The standard InChI is InChI=1S/C30H46O8S/c1-15(2)21-11-18-12-29(27-35-9-10-36-27)20-8-7-16(3)19(20)13-28(18,30(21,29)26(32)33)14-37-25-22(31)24(39-6)23(34-5)17(4)38-25/h11,15-20,22-25,27,31H,7-10,12-14H2,1-6H3,(H,32,33)/t16?,17-,18?,19?,20?,22+,23-,24+,25-,28?,29?,30?/m1/s1. The van der Waals surface area contributed by atoms with Crippen LogP contribution in [-0.2, 0) is 28.5 Å². The molecule has 5 fully saturated rings. The number of methoxy groups -OCH3 is 1. The molecule has 2 heterocycles. The van der Waals surface area contributed by atoms with Crippen LogP contribution >= 0.6 is 11.8 Å². The number of hydrogen-bond acceptors (Lipinski definition) is 8. The zero-order valence-corrected chi connectivity index (χ0v) is 24.9. The van der Waals surface area contributed by atoms with Crippen LogP contribution in [0.3, 0.4) is 0 Å². The molecule has 2 aliphatic heterocycles. The fourth-order valence-corrected chi connectivity index (χ4v) is 11.5. The number of aliphatic hydroxyl groups is 1. The Morgan fingerprint density at radius 3 is 2.54 bits per heavy atom. The zero-order valence-electron chi connectivity index (χ0n) is 24.1. The highest BCUT2D eigenvalue weighted by molar-refractivity contribution is 7.99. The average Bonchev–Trinajstić information content (AvgIpc) is 3.66. The lowest BCUT2D eigenvalue weighted by molar-refractivity contribution is -0.285. The summed E-state index contributed by atoms with van der Waals surface area (Å²) in [7, 11) is 1.64. The van der Waals surface area contributed by atoms with Gasteiger partial charge in [0.2, 0.25) is 0 Å². The summed E-state index contributed by atoms with van der Waals surface area (Å²) in [6.07, 6.45) is 5.08. The van der Waals surface area contributed by atoms with E-state index in [4.69, 9.17) is 23.7 Å². The molecule has 0 aromatic carbocycles. The molecule has 0 aromatic rings. The van der Waals surface area contributed by atoms with E-state index in [0.29, 0.717) is 25.0 Å². The third-order valence-corrected chi connectivity index (χ3v) is 12.8.